The van der Waals surface area contributed by atoms with E-state index in [-0.39, 0.29) is 41.5 Å². The predicted octanol–water partition coefficient (Wildman–Crippen LogP) is 6.76. The van der Waals surface area contributed by atoms with Crippen LogP contribution in [0.25, 0.3) is 0 Å². The van der Waals surface area contributed by atoms with E-state index in [9.17, 15) is 9.90 Å². The normalized spacial score (nSPS) is 45.7. The second-order valence-electron chi connectivity index (χ2n) is 18.0. The van der Waals surface area contributed by atoms with Gasteiger partial charge in [-0.1, -0.05) is 56.2 Å². The van der Waals surface area contributed by atoms with E-state index in [1.165, 1.54) is 17.7 Å². The van der Waals surface area contributed by atoms with Gasteiger partial charge >= 0.3 is 11.9 Å². The lowest BCUT2D eigenvalue weighted by atomic mass is 9.31. The number of rotatable bonds is 5. The Morgan fingerprint density at radius 3 is 2.78 bits per heavy atom. The highest BCUT2D eigenvalue weighted by atomic mass is 16.6. The van der Waals surface area contributed by atoms with Gasteiger partial charge in [0.15, 0.2) is 11.4 Å². The monoisotopic (exact) mass is 693 g/mol. The highest BCUT2D eigenvalue weighted by molar-refractivity contribution is 5.99. The molecule has 13 aliphatic rings. The molecule has 1 unspecified atom stereocenters. The van der Waals surface area contributed by atoms with Gasteiger partial charge in [-0.2, -0.15) is 0 Å². The zero-order valence-electron chi connectivity index (χ0n) is 30.7. The molecule has 3 N–H and O–H groups in total. The number of carbonyl (C=O) groups excluding carboxylic acids is 2. The Bertz CT molecular complexity index is 1800. The molecule has 272 valence electrons. The summed E-state index contributed by atoms with van der Waals surface area (Å²) in [7, 11) is 0. The van der Waals surface area contributed by atoms with Crippen molar-refractivity contribution in [3.8, 4) is 0 Å². The summed E-state index contributed by atoms with van der Waals surface area (Å²) in [6.07, 6.45) is 14.6. The van der Waals surface area contributed by atoms with Crippen LogP contribution in [-0.4, -0.2) is 65.1 Å². The van der Waals surface area contributed by atoms with Crippen LogP contribution >= 0.6 is 0 Å². The second kappa shape index (κ2) is 11.2. The third-order valence-corrected chi connectivity index (χ3v) is 15.7. The summed E-state index contributed by atoms with van der Waals surface area (Å²) in [5.74, 6) is 1.65. The maximum Gasteiger partial charge on any atom is 0.339 e. The minimum atomic E-state index is -1.10. The van der Waals surface area contributed by atoms with Gasteiger partial charge in [-0.25, -0.2) is 4.79 Å². The van der Waals surface area contributed by atoms with E-state index in [1.807, 2.05) is 12.1 Å². The standard InChI is InChI=1S/C43H55N3O5/c1-4-7-35-41-20-28-15-16-42(41,43(35)32-10-5-8-27(9-6-17-44)36(32)39(48)51-43)38(50-40(41)49)37(47)30-12-14-33-29-19-26(22-46(33)25(30)3)21-45(23-29)34-13-11-24(2)18-31(28)34/h5,8,10,13,20,24-26,29-31,33,35,47H,4,6-7,9,11-12,14-19,21-23,44H2,1-3H3/b38-37+/t24-,25-,26+,29-,30+,31+,33+,35-,41-,42+,43+/m0/s1. The van der Waals surface area contributed by atoms with E-state index in [2.05, 4.69) is 48.8 Å². The van der Waals surface area contributed by atoms with Crippen LogP contribution in [0, 0.1) is 46.3 Å². The number of aryl methyl sites for hydroxylation is 1. The summed E-state index contributed by atoms with van der Waals surface area (Å²) in [4.78, 5) is 34.8. The van der Waals surface area contributed by atoms with Gasteiger partial charge in [0.05, 0.1) is 11.0 Å². The first-order chi connectivity index (χ1) is 24.7. The zero-order chi connectivity index (χ0) is 35.0. The number of piperidine rings is 3. The molecule has 12 atom stereocenters. The fourth-order valence-corrected chi connectivity index (χ4v) is 13.9. The molecule has 51 heavy (non-hydrogen) atoms. The smallest absolute Gasteiger partial charge is 0.339 e. The van der Waals surface area contributed by atoms with Gasteiger partial charge in [0.2, 0.25) is 0 Å². The van der Waals surface area contributed by atoms with Gasteiger partial charge in [0.1, 0.15) is 11.2 Å². The molecule has 0 amide bonds. The molecule has 8 heteroatoms. The van der Waals surface area contributed by atoms with E-state index in [1.54, 1.807) is 0 Å². The molecule has 10 heterocycles. The van der Waals surface area contributed by atoms with Gasteiger partial charge in [0, 0.05) is 60.7 Å². The first-order valence-electron chi connectivity index (χ1n) is 20.3. The van der Waals surface area contributed by atoms with Gasteiger partial charge < -0.3 is 25.2 Å². The number of ether oxygens (including phenoxy) is 2. The lowest BCUT2D eigenvalue weighted by molar-refractivity contribution is -0.272. The highest BCUT2D eigenvalue weighted by Gasteiger charge is 2.91. The maximum absolute atomic E-state index is 15.0. The summed E-state index contributed by atoms with van der Waals surface area (Å²) in [6, 6.07) is 6.76. The molecular weight excluding hydrogens is 638 g/mol. The second-order valence-corrected chi connectivity index (χ2v) is 18.0. The molecule has 2 spiro atoms. The van der Waals surface area contributed by atoms with E-state index in [0.717, 1.165) is 75.7 Å². The molecule has 10 aliphatic heterocycles. The molecule has 0 aromatic heterocycles. The molecular formula is C43H55N3O5. The Hall–Kier alpha value is -3.10. The summed E-state index contributed by atoms with van der Waals surface area (Å²) < 4.78 is 13.5. The number of esters is 2. The van der Waals surface area contributed by atoms with Crippen LogP contribution in [0.4, 0.5) is 0 Å². The van der Waals surface area contributed by atoms with Crippen molar-refractivity contribution in [1.82, 2.24) is 9.80 Å². The molecule has 5 fully saturated rings. The van der Waals surface area contributed by atoms with E-state index >= 15 is 4.79 Å². The summed E-state index contributed by atoms with van der Waals surface area (Å²) in [5.41, 5.74) is 8.13. The fraction of sp³-hybridized carbons (Fsp3) is 0.674. The first kappa shape index (κ1) is 32.5. The number of fused-ring (bicyclic) bond motifs is 2. The largest absolute Gasteiger partial charge is 0.508 e. The maximum atomic E-state index is 15.0. The molecule has 14 rings (SSSR count). The van der Waals surface area contributed by atoms with Gasteiger partial charge in [-0.3, -0.25) is 9.69 Å². The van der Waals surface area contributed by atoms with Crippen molar-refractivity contribution in [3.05, 3.63) is 69.8 Å². The Kier molecular flexibility index (Phi) is 7.15. The topological polar surface area (TPSA) is 105 Å². The Morgan fingerprint density at radius 1 is 1.10 bits per heavy atom. The lowest BCUT2D eigenvalue weighted by Crippen LogP contribution is -2.75. The van der Waals surface area contributed by atoms with E-state index < -0.39 is 16.4 Å². The van der Waals surface area contributed by atoms with Crippen molar-refractivity contribution in [2.24, 2.45) is 52.1 Å². The van der Waals surface area contributed by atoms with E-state index in [0.29, 0.717) is 60.9 Å². The summed E-state index contributed by atoms with van der Waals surface area (Å²) in [5, 5.41) is 12.8. The Labute approximate surface area is 302 Å². The predicted molar refractivity (Wildman–Crippen MR) is 193 cm³/mol. The molecule has 1 aromatic carbocycles. The van der Waals surface area contributed by atoms with Crippen molar-refractivity contribution < 1.29 is 24.2 Å². The lowest BCUT2D eigenvalue weighted by Gasteiger charge is -2.69. The Morgan fingerprint density at radius 2 is 1.96 bits per heavy atom. The molecule has 3 aliphatic carbocycles. The number of nitrogens with zero attached hydrogens (tertiary/aromatic N) is 2. The van der Waals surface area contributed by atoms with Gasteiger partial charge in [-0.15, -0.1) is 0 Å². The van der Waals surface area contributed by atoms with Crippen LogP contribution in [0.5, 0.6) is 0 Å². The molecule has 8 nitrogen and oxygen atoms in total. The van der Waals surface area contributed by atoms with Crippen molar-refractivity contribution in [3.63, 3.8) is 0 Å². The molecule has 1 saturated carbocycles. The number of benzene rings is 1. The molecule has 1 aromatic rings. The number of nitrogens with two attached hydrogens (primary N) is 1. The van der Waals surface area contributed by atoms with Crippen LogP contribution in [0.15, 0.2) is 53.1 Å². The average Bonchev–Trinajstić information content (AvgIpc) is 3.58. The molecule has 10 bridgehead atoms. The van der Waals surface area contributed by atoms with Crippen molar-refractivity contribution in [2.45, 2.75) is 109 Å². The van der Waals surface area contributed by atoms with Crippen molar-refractivity contribution in [1.29, 1.82) is 0 Å². The molecule has 4 saturated heterocycles. The van der Waals surface area contributed by atoms with Crippen LogP contribution in [0.3, 0.4) is 0 Å². The van der Waals surface area contributed by atoms with Crippen molar-refractivity contribution in [2.75, 3.05) is 26.2 Å². The third kappa shape index (κ3) is 3.89. The zero-order valence-corrected chi connectivity index (χ0v) is 30.7. The number of hydrogen-bond donors (Lipinski definition) is 2. The summed E-state index contributed by atoms with van der Waals surface area (Å²) in [6.45, 7) is 10.6. The van der Waals surface area contributed by atoms with Crippen LogP contribution in [-0.2, 0) is 26.3 Å². The first-order valence-corrected chi connectivity index (χ1v) is 20.3. The van der Waals surface area contributed by atoms with Gasteiger partial charge in [-0.05, 0) is 101 Å². The minimum absolute atomic E-state index is 0.115. The molecule has 0 radical (unpaired) electrons. The number of aliphatic hydroxyl groups is 1. The number of aliphatic hydroxyl groups excluding tert-OH is 1. The van der Waals surface area contributed by atoms with Crippen molar-refractivity contribution >= 4 is 11.9 Å². The minimum Gasteiger partial charge on any atom is -0.508 e. The van der Waals surface area contributed by atoms with Crippen LogP contribution < -0.4 is 5.73 Å². The Balaban J connectivity index is 1.24. The summed E-state index contributed by atoms with van der Waals surface area (Å²) >= 11 is 0. The highest BCUT2D eigenvalue weighted by Crippen LogP contribution is 2.85. The average molecular weight is 694 g/mol. The van der Waals surface area contributed by atoms with E-state index in [4.69, 9.17) is 15.2 Å². The number of carbonyl (C=O) groups is 2. The van der Waals surface area contributed by atoms with Crippen LogP contribution in [0.1, 0.15) is 106 Å². The fourth-order valence-electron chi connectivity index (χ4n) is 13.9. The quantitative estimate of drug-likeness (QED) is 0.258. The SMILES string of the molecule is CCC[C@@H]1[C@@]2(OC(=O)c3c(CCCN)cccc32)[C@@]23CCC4=C[C@@]12C(=O)O/C3=C(/O)[C@@H]1CC[C@@H]2[C@H]3C[C@H](CN(C3)C3=CC[C@H](C)C[C@H]43)CN2[C@H]1C. The number of hydrogen-bond acceptors (Lipinski definition) is 8. The third-order valence-electron chi connectivity index (χ3n) is 15.7. The van der Waals surface area contributed by atoms with Crippen LogP contribution in [0.2, 0.25) is 0 Å². The number of allylic oxidation sites excluding steroid dienone is 2. The van der Waals surface area contributed by atoms with Gasteiger partial charge in [0.25, 0.3) is 0 Å².